The van der Waals surface area contributed by atoms with Gasteiger partial charge in [-0.05, 0) is 25.0 Å². The summed E-state index contributed by atoms with van der Waals surface area (Å²) in [6, 6.07) is 16.1. The SMILES string of the molecule is O=C(CCCCCl)Nc1ccccc1C(=O)c1ccccc1. The molecule has 0 aromatic heterocycles. The van der Waals surface area contributed by atoms with E-state index in [0.29, 0.717) is 29.1 Å². The fraction of sp³-hybridized carbons (Fsp3) is 0.222. The average Bonchev–Trinajstić information content (AvgIpc) is 2.56. The summed E-state index contributed by atoms with van der Waals surface area (Å²) < 4.78 is 0. The first-order valence-corrected chi connectivity index (χ1v) is 7.80. The number of benzene rings is 2. The monoisotopic (exact) mass is 315 g/mol. The van der Waals surface area contributed by atoms with Gasteiger partial charge in [0.15, 0.2) is 5.78 Å². The minimum absolute atomic E-state index is 0.0987. The van der Waals surface area contributed by atoms with Crippen LogP contribution in [0.4, 0.5) is 5.69 Å². The molecule has 0 heterocycles. The number of hydrogen-bond acceptors (Lipinski definition) is 2. The number of para-hydroxylation sites is 1. The Bertz CT molecular complexity index is 641. The topological polar surface area (TPSA) is 46.2 Å². The molecule has 1 N–H and O–H groups in total. The summed E-state index contributed by atoms with van der Waals surface area (Å²) in [5.74, 6) is 0.354. The number of unbranched alkanes of at least 4 members (excludes halogenated alkanes) is 1. The van der Waals surface area contributed by atoms with Crippen LogP contribution in [0.1, 0.15) is 35.2 Å². The highest BCUT2D eigenvalue weighted by Gasteiger charge is 2.14. The summed E-state index contributed by atoms with van der Waals surface area (Å²) >= 11 is 5.60. The molecule has 0 unspecified atom stereocenters. The number of rotatable bonds is 7. The molecule has 4 heteroatoms. The molecule has 0 aliphatic carbocycles. The minimum Gasteiger partial charge on any atom is -0.325 e. The van der Waals surface area contributed by atoms with Gasteiger partial charge in [0.1, 0.15) is 0 Å². The lowest BCUT2D eigenvalue weighted by Crippen LogP contribution is -2.14. The van der Waals surface area contributed by atoms with Crippen LogP contribution in [0.15, 0.2) is 54.6 Å². The summed E-state index contributed by atoms with van der Waals surface area (Å²) in [5, 5.41) is 2.82. The molecule has 2 aromatic carbocycles. The fourth-order valence-corrected chi connectivity index (χ4v) is 2.32. The van der Waals surface area contributed by atoms with Crippen LogP contribution in [-0.4, -0.2) is 17.6 Å². The van der Waals surface area contributed by atoms with Gasteiger partial charge in [-0.1, -0.05) is 42.5 Å². The molecule has 0 spiro atoms. The first kappa shape index (κ1) is 16.2. The summed E-state index contributed by atoms with van der Waals surface area (Å²) in [6.45, 7) is 0. The number of nitrogens with one attached hydrogen (secondary N) is 1. The molecule has 1 amide bonds. The fourth-order valence-electron chi connectivity index (χ4n) is 2.13. The third-order valence-corrected chi connectivity index (χ3v) is 3.54. The van der Waals surface area contributed by atoms with Crippen molar-refractivity contribution in [2.24, 2.45) is 0 Å². The second-order valence-electron chi connectivity index (χ2n) is 4.93. The lowest BCUT2D eigenvalue weighted by Gasteiger charge is -2.10. The quantitative estimate of drug-likeness (QED) is 0.471. The molecule has 2 rings (SSSR count). The van der Waals surface area contributed by atoms with Gasteiger partial charge in [-0.15, -0.1) is 11.6 Å². The number of carbonyl (C=O) groups excluding carboxylic acids is 2. The molecule has 114 valence electrons. The van der Waals surface area contributed by atoms with Crippen LogP contribution in [0.3, 0.4) is 0 Å². The molecule has 0 aliphatic rings. The predicted molar refractivity (Wildman–Crippen MR) is 89.5 cm³/mol. The summed E-state index contributed by atoms with van der Waals surface area (Å²) in [7, 11) is 0. The van der Waals surface area contributed by atoms with Crippen LogP contribution in [0, 0.1) is 0 Å². The molecule has 0 saturated carbocycles. The predicted octanol–water partition coefficient (Wildman–Crippen LogP) is 4.27. The zero-order valence-corrected chi connectivity index (χ0v) is 13.0. The Morgan fingerprint density at radius 1 is 0.909 bits per heavy atom. The van der Waals surface area contributed by atoms with Crippen LogP contribution >= 0.6 is 11.6 Å². The molecule has 3 nitrogen and oxygen atoms in total. The molecule has 0 atom stereocenters. The Balaban J connectivity index is 2.13. The van der Waals surface area contributed by atoms with Crippen LogP contribution in [0.5, 0.6) is 0 Å². The van der Waals surface area contributed by atoms with Crippen molar-refractivity contribution in [3.05, 3.63) is 65.7 Å². The standard InChI is InChI=1S/C18H18ClNO2/c19-13-7-6-12-17(21)20-16-11-5-4-10-15(16)18(22)14-8-2-1-3-9-14/h1-5,8-11H,6-7,12-13H2,(H,20,21). The number of halogens is 1. The molecular formula is C18H18ClNO2. The van der Waals surface area contributed by atoms with Crippen molar-refractivity contribution in [3.63, 3.8) is 0 Å². The molecule has 0 bridgehead atoms. The van der Waals surface area contributed by atoms with E-state index in [2.05, 4.69) is 5.32 Å². The Hall–Kier alpha value is -2.13. The van der Waals surface area contributed by atoms with E-state index in [0.717, 1.165) is 12.8 Å². The van der Waals surface area contributed by atoms with Gasteiger partial charge in [0, 0.05) is 23.4 Å². The number of carbonyl (C=O) groups is 2. The van der Waals surface area contributed by atoms with Crippen LogP contribution in [0.2, 0.25) is 0 Å². The van der Waals surface area contributed by atoms with E-state index in [1.165, 1.54) is 0 Å². The van der Waals surface area contributed by atoms with E-state index in [1.54, 1.807) is 36.4 Å². The van der Waals surface area contributed by atoms with Gasteiger partial charge in [-0.2, -0.15) is 0 Å². The normalized spacial score (nSPS) is 10.2. The molecule has 0 saturated heterocycles. The van der Waals surface area contributed by atoms with Gasteiger partial charge in [-0.25, -0.2) is 0 Å². The van der Waals surface area contributed by atoms with Gasteiger partial charge in [0.05, 0.1) is 5.69 Å². The number of anilines is 1. The third kappa shape index (κ3) is 4.43. The van der Waals surface area contributed by atoms with Crippen molar-refractivity contribution >= 4 is 29.0 Å². The van der Waals surface area contributed by atoms with Crippen molar-refractivity contribution < 1.29 is 9.59 Å². The van der Waals surface area contributed by atoms with E-state index >= 15 is 0 Å². The van der Waals surface area contributed by atoms with E-state index in [-0.39, 0.29) is 11.7 Å². The third-order valence-electron chi connectivity index (χ3n) is 3.27. The number of ketones is 1. The highest BCUT2D eigenvalue weighted by molar-refractivity contribution is 6.17. The highest BCUT2D eigenvalue weighted by Crippen LogP contribution is 2.19. The van der Waals surface area contributed by atoms with Crippen LogP contribution in [-0.2, 0) is 4.79 Å². The molecule has 0 radical (unpaired) electrons. The van der Waals surface area contributed by atoms with Crippen molar-refractivity contribution in [1.29, 1.82) is 0 Å². The van der Waals surface area contributed by atoms with Crippen LogP contribution < -0.4 is 5.32 Å². The van der Waals surface area contributed by atoms with Crippen molar-refractivity contribution in [3.8, 4) is 0 Å². The maximum atomic E-state index is 12.5. The molecule has 2 aromatic rings. The minimum atomic E-state index is -0.0998. The summed E-state index contributed by atoms with van der Waals surface area (Å²) in [5.41, 5.74) is 1.65. The Labute approximate surface area is 135 Å². The Kier molecular flexibility index (Phi) is 6.16. The Morgan fingerprint density at radius 3 is 2.32 bits per heavy atom. The van der Waals surface area contributed by atoms with Gasteiger partial charge in [0.2, 0.25) is 5.91 Å². The largest absolute Gasteiger partial charge is 0.325 e. The summed E-state index contributed by atoms with van der Waals surface area (Å²) in [6.07, 6.45) is 1.95. The smallest absolute Gasteiger partial charge is 0.224 e. The highest BCUT2D eigenvalue weighted by atomic mass is 35.5. The van der Waals surface area contributed by atoms with Gasteiger partial charge >= 0.3 is 0 Å². The summed E-state index contributed by atoms with van der Waals surface area (Å²) in [4.78, 5) is 24.5. The number of amides is 1. The van der Waals surface area contributed by atoms with Crippen molar-refractivity contribution in [2.75, 3.05) is 11.2 Å². The van der Waals surface area contributed by atoms with Gasteiger partial charge in [0.25, 0.3) is 0 Å². The molecule has 22 heavy (non-hydrogen) atoms. The number of hydrogen-bond donors (Lipinski definition) is 1. The first-order valence-electron chi connectivity index (χ1n) is 7.27. The van der Waals surface area contributed by atoms with Crippen molar-refractivity contribution in [2.45, 2.75) is 19.3 Å². The maximum absolute atomic E-state index is 12.5. The van der Waals surface area contributed by atoms with Gasteiger partial charge < -0.3 is 5.32 Å². The second-order valence-corrected chi connectivity index (χ2v) is 5.31. The zero-order valence-electron chi connectivity index (χ0n) is 12.2. The van der Waals surface area contributed by atoms with E-state index in [9.17, 15) is 9.59 Å². The maximum Gasteiger partial charge on any atom is 0.224 e. The van der Waals surface area contributed by atoms with E-state index < -0.39 is 0 Å². The van der Waals surface area contributed by atoms with E-state index in [4.69, 9.17) is 11.6 Å². The van der Waals surface area contributed by atoms with Crippen molar-refractivity contribution in [1.82, 2.24) is 0 Å². The lowest BCUT2D eigenvalue weighted by molar-refractivity contribution is -0.116. The lowest BCUT2D eigenvalue weighted by atomic mass is 10.0. The van der Waals surface area contributed by atoms with Crippen LogP contribution in [0.25, 0.3) is 0 Å². The molecule has 0 aliphatic heterocycles. The molecular weight excluding hydrogens is 298 g/mol. The zero-order chi connectivity index (χ0) is 15.8. The molecule has 0 fully saturated rings. The second kappa shape index (κ2) is 8.35. The first-order chi connectivity index (χ1) is 10.7. The Morgan fingerprint density at radius 2 is 1.59 bits per heavy atom. The van der Waals surface area contributed by atoms with Gasteiger partial charge in [-0.3, -0.25) is 9.59 Å². The number of alkyl halides is 1. The average molecular weight is 316 g/mol. The van der Waals surface area contributed by atoms with E-state index in [1.807, 2.05) is 18.2 Å².